The maximum Gasteiger partial charge on any atom is 0.243 e. The minimum absolute atomic E-state index is 0.190. The van der Waals surface area contributed by atoms with Gasteiger partial charge in [-0.25, -0.2) is 0 Å². The van der Waals surface area contributed by atoms with Crippen LogP contribution in [0.25, 0.3) is 0 Å². The Kier molecular flexibility index (Phi) is 5.90. The molecule has 8 heteroatoms. The normalized spacial score (nSPS) is 19.8. The summed E-state index contributed by atoms with van der Waals surface area (Å²) in [5.74, 6) is -0.0810. The molecule has 0 saturated carbocycles. The van der Waals surface area contributed by atoms with Gasteiger partial charge in [0.1, 0.15) is 23.6 Å². The molecule has 2 atom stereocenters. The highest BCUT2D eigenvalue weighted by Crippen LogP contribution is 2.23. The Morgan fingerprint density at radius 3 is 1.50 bits per heavy atom. The van der Waals surface area contributed by atoms with Crippen molar-refractivity contribution in [2.24, 2.45) is 0 Å². The minimum atomic E-state index is -0.640. The van der Waals surface area contributed by atoms with Gasteiger partial charge in [0.25, 0.3) is 0 Å². The van der Waals surface area contributed by atoms with Gasteiger partial charge in [-0.2, -0.15) is 0 Å². The number of piperazine rings is 1. The maximum absolute atomic E-state index is 12.4. The highest BCUT2D eigenvalue weighted by molar-refractivity contribution is 14.1. The van der Waals surface area contributed by atoms with Crippen LogP contribution in [0.2, 0.25) is 0 Å². The van der Waals surface area contributed by atoms with Crippen LogP contribution < -0.4 is 10.6 Å². The van der Waals surface area contributed by atoms with Crippen LogP contribution in [0, 0.1) is 7.14 Å². The van der Waals surface area contributed by atoms with Crippen LogP contribution in [0.4, 0.5) is 0 Å². The molecule has 0 bridgehead atoms. The van der Waals surface area contributed by atoms with E-state index in [0.29, 0.717) is 20.0 Å². The molecule has 4 N–H and O–H groups in total. The average molecular weight is 578 g/mol. The third-order valence-corrected chi connectivity index (χ3v) is 5.90. The van der Waals surface area contributed by atoms with Gasteiger partial charge in [0, 0.05) is 12.8 Å². The van der Waals surface area contributed by atoms with Crippen LogP contribution in [0.15, 0.2) is 36.4 Å². The summed E-state index contributed by atoms with van der Waals surface area (Å²) < 4.78 is 1.39. The first-order chi connectivity index (χ1) is 12.3. The molecular formula is C18H16I2N2O4. The van der Waals surface area contributed by atoms with E-state index in [2.05, 4.69) is 10.6 Å². The number of phenols is 2. The Morgan fingerprint density at radius 2 is 1.15 bits per heavy atom. The fourth-order valence-electron chi connectivity index (χ4n) is 2.79. The lowest BCUT2D eigenvalue weighted by Crippen LogP contribution is -2.62. The molecule has 1 heterocycles. The predicted octanol–water partition coefficient (Wildman–Crippen LogP) is 2.08. The number of hydrogen-bond donors (Lipinski definition) is 4. The van der Waals surface area contributed by atoms with Crippen molar-refractivity contribution in [1.29, 1.82) is 0 Å². The summed E-state index contributed by atoms with van der Waals surface area (Å²) in [6.07, 6.45) is 0.718. The number of rotatable bonds is 4. The largest absolute Gasteiger partial charge is 0.507 e. The molecule has 2 aromatic rings. The van der Waals surface area contributed by atoms with Gasteiger partial charge >= 0.3 is 0 Å². The van der Waals surface area contributed by atoms with Crippen LogP contribution in [-0.2, 0) is 22.4 Å². The predicted molar refractivity (Wildman–Crippen MR) is 113 cm³/mol. The molecule has 1 aliphatic rings. The van der Waals surface area contributed by atoms with Crippen LogP contribution in [0.3, 0.4) is 0 Å². The van der Waals surface area contributed by atoms with E-state index >= 15 is 0 Å². The van der Waals surface area contributed by atoms with E-state index in [0.717, 1.165) is 11.1 Å². The fourth-order valence-corrected chi connectivity index (χ4v) is 3.95. The molecule has 3 rings (SSSR count). The van der Waals surface area contributed by atoms with Crippen LogP contribution >= 0.6 is 45.2 Å². The second-order valence-electron chi connectivity index (χ2n) is 6.10. The maximum atomic E-state index is 12.4. The van der Waals surface area contributed by atoms with Gasteiger partial charge in [-0.1, -0.05) is 12.1 Å². The average Bonchev–Trinajstić information content (AvgIpc) is 2.59. The number of benzene rings is 2. The molecule has 0 spiro atoms. The van der Waals surface area contributed by atoms with Crippen molar-refractivity contribution in [3.63, 3.8) is 0 Å². The molecule has 1 fully saturated rings. The van der Waals surface area contributed by atoms with E-state index < -0.39 is 12.1 Å². The summed E-state index contributed by atoms with van der Waals surface area (Å²) in [6.45, 7) is 0. The first kappa shape index (κ1) is 19.2. The number of halogens is 2. The third kappa shape index (κ3) is 4.40. The Hall–Kier alpha value is -1.56. The number of carbonyl (C=O) groups excluding carboxylic acids is 2. The van der Waals surface area contributed by atoms with Gasteiger partial charge in [-0.05, 0) is 80.6 Å². The standard InChI is InChI=1S/C18H16I2N2O4/c19-11-5-9(1-3-15(11)23)7-13-17(25)22-14(18(26)21-13)8-10-2-4-16(24)12(20)6-10/h1-6,13-14,23-24H,7-8H2,(H,21,26)(H,22,25)/t13-,14-/m0/s1. The Labute approximate surface area is 177 Å². The van der Waals surface area contributed by atoms with E-state index in [1.54, 1.807) is 36.4 Å². The van der Waals surface area contributed by atoms with Crippen molar-refractivity contribution in [3.8, 4) is 11.5 Å². The number of hydrogen-bond acceptors (Lipinski definition) is 4. The molecular weight excluding hydrogens is 562 g/mol. The van der Waals surface area contributed by atoms with Gasteiger partial charge < -0.3 is 20.8 Å². The summed E-state index contributed by atoms with van der Waals surface area (Å²) in [6, 6.07) is 8.93. The van der Waals surface area contributed by atoms with Crippen molar-refractivity contribution in [1.82, 2.24) is 10.6 Å². The molecule has 0 unspecified atom stereocenters. The zero-order chi connectivity index (χ0) is 18.8. The number of phenolic OH excluding ortho intramolecular Hbond substituents is 2. The number of aromatic hydroxyl groups is 2. The Morgan fingerprint density at radius 1 is 0.769 bits per heavy atom. The van der Waals surface area contributed by atoms with E-state index in [4.69, 9.17) is 0 Å². The van der Waals surface area contributed by atoms with E-state index in [1.165, 1.54) is 0 Å². The van der Waals surface area contributed by atoms with Crippen molar-refractivity contribution in [2.75, 3.05) is 0 Å². The number of amides is 2. The van der Waals surface area contributed by atoms with E-state index in [9.17, 15) is 19.8 Å². The van der Waals surface area contributed by atoms with Crippen molar-refractivity contribution < 1.29 is 19.8 Å². The quantitative estimate of drug-likeness (QED) is 0.418. The Bertz CT molecular complexity index is 801. The lowest BCUT2D eigenvalue weighted by atomic mass is 9.98. The van der Waals surface area contributed by atoms with Crippen molar-refractivity contribution in [3.05, 3.63) is 54.7 Å². The molecule has 0 aromatic heterocycles. The molecule has 136 valence electrons. The number of nitrogens with one attached hydrogen (secondary N) is 2. The summed E-state index contributed by atoms with van der Waals surface area (Å²) in [4.78, 5) is 24.8. The van der Waals surface area contributed by atoms with Gasteiger partial charge in [-0.15, -0.1) is 0 Å². The zero-order valence-corrected chi connectivity index (χ0v) is 17.8. The minimum Gasteiger partial charge on any atom is -0.507 e. The van der Waals surface area contributed by atoms with Crippen LogP contribution in [0.5, 0.6) is 11.5 Å². The highest BCUT2D eigenvalue weighted by Gasteiger charge is 2.33. The second kappa shape index (κ2) is 7.99. The molecule has 6 nitrogen and oxygen atoms in total. The SMILES string of the molecule is O=C1N[C@@H](Cc2ccc(O)c(I)c2)C(=O)N[C@H]1Cc1ccc(O)c(I)c1. The molecule has 1 aliphatic heterocycles. The molecule has 0 radical (unpaired) electrons. The lowest BCUT2D eigenvalue weighted by Gasteiger charge is -2.30. The molecule has 0 aliphatic carbocycles. The lowest BCUT2D eigenvalue weighted by molar-refractivity contribution is -0.136. The van der Waals surface area contributed by atoms with E-state index in [-0.39, 0.29) is 23.3 Å². The van der Waals surface area contributed by atoms with Crippen molar-refractivity contribution in [2.45, 2.75) is 24.9 Å². The van der Waals surface area contributed by atoms with Gasteiger partial charge in [0.2, 0.25) is 11.8 Å². The van der Waals surface area contributed by atoms with Crippen LogP contribution in [-0.4, -0.2) is 34.1 Å². The third-order valence-electron chi connectivity index (χ3n) is 4.17. The summed E-state index contributed by atoms with van der Waals surface area (Å²) in [5.41, 5.74) is 1.72. The topological polar surface area (TPSA) is 98.7 Å². The van der Waals surface area contributed by atoms with Crippen LogP contribution in [0.1, 0.15) is 11.1 Å². The van der Waals surface area contributed by atoms with Gasteiger partial charge in [0.15, 0.2) is 0 Å². The highest BCUT2D eigenvalue weighted by atomic mass is 127. The molecule has 1 saturated heterocycles. The summed E-state index contributed by atoms with van der Waals surface area (Å²) >= 11 is 4.04. The summed E-state index contributed by atoms with van der Waals surface area (Å²) in [5, 5.41) is 24.7. The fraction of sp³-hybridized carbons (Fsp3) is 0.222. The monoisotopic (exact) mass is 578 g/mol. The van der Waals surface area contributed by atoms with Crippen molar-refractivity contribution >= 4 is 57.0 Å². The molecule has 2 aromatic carbocycles. The molecule has 2 amide bonds. The first-order valence-electron chi connectivity index (χ1n) is 7.89. The van der Waals surface area contributed by atoms with E-state index in [1.807, 2.05) is 45.2 Å². The van der Waals surface area contributed by atoms with Gasteiger partial charge in [-0.3, -0.25) is 9.59 Å². The Balaban J connectivity index is 1.66. The van der Waals surface area contributed by atoms with Gasteiger partial charge in [0.05, 0.1) is 7.14 Å². The molecule has 26 heavy (non-hydrogen) atoms. The smallest absolute Gasteiger partial charge is 0.243 e. The number of carbonyl (C=O) groups is 2. The zero-order valence-electron chi connectivity index (χ0n) is 13.5. The summed E-state index contributed by atoms with van der Waals surface area (Å²) in [7, 11) is 0. The first-order valence-corrected chi connectivity index (χ1v) is 10.0. The second-order valence-corrected chi connectivity index (χ2v) is 8.43.